The van der Waals surface area contributed by atoms with Gasteiger partial charge in [0.25, 0.3) is 15.9 Å². The number of carbonyl (C=O) groups excluding carboxylic acids is 1. The minimum atomic E-state index is -3.85. The number of benzene rings is 2. The van der Waals surface area contributed by atoms with Crippen molar-refractivity contribution in [3.05, 3.63) is 94.1 Å². The van der Waals surface area contributed by atoms with Gasteiger partial charge in [-0.25, -0.2) is 17.4 Å². The number of nitrogens with one attached hydrogen (secondary N) is 1. The van der Waals surface area contributed by atoms with E-state index >= 15 is 0 Å². The Bertz CT molecular complexity index is 2020. The summed E-state index contributed by atoms with van der Waals surface area (Å²) in [5, 5.41) is 11.0. The van der Waals surface area contributed by atoms with E-state index in [2.05, 4.69) is 29.2 Å². The number of anilines is 1. The third-order valence-corrected chi connectivity index (χ3v) is 10.4. The molecule has 5 aromatic rings. The zero-order valence-electron chi connectivity index (χ0n) is 23.2. The maximum absolute atomic E-state index is 13.5. The predicted octanol–water partition coefficient (Wildman–Crippen LogP) is 6.78. The number of hydrogen-bond donors (Lipinski definition) is 1. The van der Waals surface area contributed by atoms with Crippen molar-refractivity contribution >= 4 is 55.3 Å². The van der Waals surface area contributed by atoms with Crippen LogP contribution in [-0.4, -0.2) is 33.1 Å². The molecule has 4 heterocycles. The summed E-state index contributed by atoms with van der Waals surface area (Å²) in [6, 6.07) is 14.3. The predicted molar refractivity (Wildman–Crippen MR) is 165 cm³/mol. The molecule has 0 spiro atoms. The zero-order valence-corrected chi connectivity index (χ0v) is 24.8. The van der Waals surface area contributed by atoms with Crippen molar-refractivity contribution in [2.75, 3.05) is 5.32 Å². The van der Waals surface area contributed by atoms with Crippen molar-refractivity contribution < 1.29 is 13.2 Å². The molecule has 8 nitrogen and oxygen atoms in total. The lowest BCUT2D eigenvalue weighted by Crippen LogP contribution is -2.14. The Morgan fingerprint density at radius 3 is 2.56 bits per heavy atom. The molecule has 0 atom stereocenters. The molecule has 1 aliphatic heterocycles. The van der Waals surface area contributed by atoms with Gasteiger partial charge >= 0.3 is 0 Å². The van der Waals surface area contributed by atoms with E-state index in [4.69, 9.17) is 0 Å². The van der Waals surface area contributed by atoms with Gasteiger partial charge in [0.2, 0.25) is 0 Å². The fourth-order valence-electron chi connectivity index (χ4n) is 4.98. The number of carbonyl (C=O) groups is 1. The Balaban J connectivity index is 1.42. The molecule has 0 saturated carbocycles. The first kappa shape index (κ1) is 27.0. The van der Waals surface area contributed by atoms with E-state index in [1.807, 2.05) is 37.6 Å². The molecule has 0 bridgehead atoms. The molecule has 0 aliphatic carbocycles. The maximum atomic E-state index is 13.5. The van der Waals surface area contributed by atoms with Crippen molar-refractivity contribution in [3.8, 4) is 11.1 Å². The fourth-order valence-corrected chi connectivity index (χ4v) is 7.13. The molecule has 3 aromatic heterocycles. The average Bonchev–Trinajstić information content (AvgIpc) is 3.52. The largest absolute Gasteiger partial charge is 0.322 e. The molecule has 10 heteroatoms. The minimum Gasteiger partial charge on any atom is -0.322 e. The van der Waals surface area contributed by atoms with Crippen LogP contribution in [0.5, 0.6) is 0 Å². The summed E-state index contributed by atoms with van der Waals surface area (Å²) < 4.78 is 30.0. The van der Waals surface area contributed by atoms with Gasteiger partial charge in [0.15, 0.2) is 5.65 Å². The third-order valence-electron chi connectivity index (χ3n) is 7.60. The summed E-state index contributed by atoms with van der Waals surface area (Å²) in [6.07, 6.45) is 6.41. The molecule has 1 N–H and O–H groups in total. The monoisotopic (exact) mass is 583 g/mol. The van der Waals surface area contributed by atoms with Gasteiger partial charge in [-0.2, -0.15) is 5.10 Å². The fraction of sp³-hybridized carbons (Fsp3) is 0.194. The van der Waals surface area contributed by atoms with Gasteiger partial charge in [0.05, 0.1) is 22.3 Å². The quantitative estimate of drug-likeness (QED) is 0.245. The average molecular weight is 584 g/mol. The second kappa shape index (κ2) is 10.4. The molecule has 0 radical (unpaired) electrons. The van der Waals surface area contributed by atoms with Gasteiger partial charge in [-0.1, -0.05) is 23.3 Å². The number of allylic oxidation sites excluding steroid dienone is 2. The summed E-state index contributed by atoms with van der Waals surface area (Å²) in [7, 11) is -1.99. The molecular formula is C31H29N5O3S2. The van der Waals surface area contributed by atoms with Crippen molar-refractivity contribution in [2.24, 2.45) is 7.05 Å². The highest BCUT2D eigenvalue weighted by Crippen LogP contribution is 2.36. The lowest BCUT2D eigenvalue weighted by atomic mass is 10.0. The number of fused-ring (bicyclic) bond motifs is 2. The second-order valence-electron chi connectivity index (χ2n) is 10.3. The molecule has 6 rings (SSSR count). The third kappa shape index (κ3) is 4.87. The molecule has 1 aliphatic rings. The van der Waals surface area contributed by atoms with Crippen LogP contribution in [0.4, 0.5) is 5.69 Å². The first-order valence-electron chi connectivity index (χ1n) is 13.2. The number of thioether (sulfide) groups is 1. The van der Waals surface area contributed by atoms with Crippen molar-refractivity contribution in [1.82, 2.24) is 18.7 Å². The number of aryl methyl sites for hydroxylation is 2. The first-order chi connectivity index (χ1) is 19.6. The van der Waals surface area contributed by atoms with Crippen LogP contribution >= 0.6 is 11.8 Å². The van der Waals surface area contributed by atoms with Crippen LogP contribution in [-0.2, 0) is 21.9 Å². The van der Waals surface area contributed by atoms with Crippen LogP contribution in [0.1, 0.15) is 32.3 Å². The summed E-state index contributed by atoms with van der Waals surface area (Å²) >= 11 is 1.59. The number of hydrogen-bond acceptors (Lipinski definition) is 6. The maximum Gasteiger partial charge on any atom is 0.269 e. The highest BCUT2D eigenvalue weighted by molar-refractivity contribution is 8.05. The zero-order chi connectivity index (χ0) is 28.9. The van der Waals surface area contributed by atoms with Crippen molar-refractivity contribution in [3.63, 3.8) is 0 Å². The van der Waals surface area contributed by atoms with E-state index < -0.39 is 10.0 Å². The number of nitrogens with zero attached hydrogens (tertiary/aromatic N) is 4. The number of amides is 1. The van der Waals surface area contributed by atoms with E-state index in [-0.39, 0.29) is 10.8 Å². The van der Waals surface area contributed by atoms with E-state index in [1.165, 1.54) is 20.6 Å². The summed E-state index contributed by atoms with van der Waals surface area (Å²) in [6.45, 7) is 6.10. The lowest BCUT2D eigenvalue weighted by molar-refractivity contribution is -0.113. The van der Waals surface area contributed by atoms with Crippen LogP contribution in [0, 0.1) is 6.92 Å². The SMILES string of the molecule is CC1=C(C)SC=C(C(=O)Nc2cc(-c3ccnc4c3ccn4S(=O)(=O)c3ccc(C)cc3)cc3c2cnn3C)CC1. The molecule has 2 aromatic carbocycles. The number of aromatic nitrogens is 4. The molecule has 0 saturated heterocycles. The molecule has 1 amide bonds. The molecule has 0 fully saturated rings. The van der Waals surface area contributed by atoms with Gasteiger partial charge in [-0.05, 0) is 91.5 Å². The van der Waals surface area contributed by atoms with Crippen molar-refractivity contribution in [2.45, 2.75) is 38.5 Å². The normalized spacial score (nSPS) is 14.4. The van der Waals surface area contributed by atoms with Gasteiger partial charge in [-0.15, -0.1) is 11.8 Å². The molecule has 0 unspecified atom stereocenters. The molecular weight excluding hydrogens is 555 g/mol. The topological polar surface area (TPSA) is 98.9 Å². The van der Waals surface area contributed by atoms with E-state index in [1.54, 1.807) is 59.2 Å². The van der Waals surface area contributed by atoms with E-state index in [9.17, 15) is 13.2 Å². The number of pyridine rings is 1. The van der Waals surface area contributed by atoms with E-state index in [0.717, 1.165) is 39.6 Å². The van der Waals surface area contributed by atoms with Gasteiger partial charge in [0.1, 0.15) is 0 Å². The Morgan fingerprint density at radius 2 is 1.78 bits per heavy atom. The van der Waals surface area contributed by atoms with Crippen LogP contribution in [0.25, 0.3) is 33.1 Å². The van der Waals surface area contributed by atoms with Crippen LogP contribution in [0.2, 0.25) is 0 Å². The van der Waals surface area contributed by atoms with Gasteiger partial charge in [0, 0.05) is 35.8 Å². The second-order valence-corrected chi connectivity index (χ2v) is 13.2. The highest BCUT2D eigenvalue weighted by Gasteiger charge is 2.22. The Labute approximate surface area is 242 Å². The summed E-state index contributed by atoms with van der Waals surface area (Å²) in [4.78, 5) is 19.3. The minimum absolute atomic E-state index is 0.141. The summed E-state index contributed by atoms with van der Waals surface area (Å²) in [5.41, 5.74) is 6.43. The molecule has 41 heavy (non-hydrogen) atoms. The van der Waals surface area contributed by atoms with Crippen molar-refractivity contribution in [1.29, 1.82) is 0 Å². The Hall–Kier alpha value is -4.15. The lowest BCUT2D eigenvalue weighted by Gasteiger charge is -2.13. The van der Waals surface area contributed by atoms with Gasteiger partial charge < -0.3 is 5.32 Å². The van der Waals surface area contributed by atoms with E-state index in [0.29, 0.717) is 23.1 Å². The Kier molecular flexibility index (Phi) is 6.83. The van der Waals surface area contributed by atoms with Gasteiger partial charge in [-0.3, -0.25) is 9.48 Å². The van der Waals surface area contributed by atoms with Crippen LogP contribution in [0.15, 0.2) is 93.5 Å². The first-order valence-corrected chi connectivity index (χ1v) is 15.5. The standard InChI is InChI=1S/C31H29N5O3S2/c1-19-5-9-24(10-6-19)41(38,39)36-14-12-26-25(11-13-32-30(26)36)23-15-28(27-17-33-35(4)29(27)16-23)34-31(37)22-8-7-20(2)21(3)40-18-22/h5-6,9-18H,7-8H2,1-4H3,(H,34,37). The number of rotatable bonds is 5. The smallest absolute Gasteiger partial charge is 0.269 e. The van der Waals surface area contributed by atoms with Crippen LogP contribution < -0.4 is 5.32 Å². The highest BCUT2D eigenvalue weighted by atomic mass is 32.2. The molecule has 208 valence electrons. The summed E-state index contributed by atoms with van der Waals surface area (Å²) in [5.74, 6) is -0.141. The Morgan fingerprint density at radius 1 is 1.00 bits per heavy atom. The van der Waals surface area contributed by atoms with Crippen LogP contribution in [0.3, 0.4) is 0 Å².